The molecule has 0 radical (unpaired) electrons. The molecule has 0 spiro atoms. The van der Waals surface area contributed by atoms with E-state index >= 15 is 0 Å². The number of likely N-dealkylation sites (N-methyl/N-ethyl adjacent to an activating group) is 1. The quantitative estimate of drug-likeness (QED) is 0.602. The van der Waals surface area contributed by atoms with Crippen LogP contribution in [-0.2, 0) is 4.79 Å². The number of methoxy groups -OCH3 is 1. The summed E-state index contributed by atoms with van der Waals surface area (Å²) < 4.78 is 5.27. The third kappa shape index (κ3) is 5.14. The Bertz CT molecular complexity index is 1140. The van der Waals surface area contributed by atoms with E-state index in [0.717, 1.165) is 40.9 Å². The molecular weight excluding hydrogens is 416 g/mol. The molecule has 0 bridgehead atoms. The molecule has 7 nitrogen and oxygen atoms in total. The van der Waals surface area contributed by atoms with Gasteiger partial charge in [0.1, 0.15) is 5.75 Å². The molecule has 1 saturated heterocycles. The number of rotatable bonds is 5. The van der Waals surface area contributed by atoms with Crippen molar-refractivity contribution in [2.75, 3.05) is 53.9 Å². The maximum absolute atomic E-state index is 13.7. The maximum Gasteiger partial charge on any atom is 0.254 e. The van der Waals surface area contributed by atoms with Gasteiger partial charge in [0.25, 0.3) is 5.91 Å². The normalized spacial score (nSPS) is 14.7. The van der Waals surface area contributed by atoms with Crippen molar-refractivity contribution in [1.29, 1.82) is 0 Å². The number of carbonyl (C=O) groups excluding carboxylic acids is 2. The molecule has 0 N–H and O–H groups in total. The molecular formula is C26H30N4O3. The molecule has 172 valence electrons. The Kier molecular flexibility index (Phi) is 6.89. The second-order valence-corrected chi connectivity index (χ2v) is 8.51. The minimum atomic E-state index is 0.00384. The van der Waals surface area contributed by atoms with Crippen molar-refractivity contribution in [3.05, 3.63) is 60.2 Å². The van der Waals surface area contributed by atoms with Crippen molar-refractivity contribution in [3.63, 3.8) is 0 Å². The Morgan fingerprint density at radius 2 is 1.76 bits per heavy atom. The van der Waals surface area contributed by atoms with Gasteiger partial charge >= 0.3 is 0 Å². The van der Waals surface area contributed by atoms with E-state index in [4.69, 9.17) is 9.72 Å². The van der Waals surface area contributed by atoms with Gasteiger partial charge in [-0.25, -0.2) is 4.98 Å². The van der Waals surface area contributed by atoms with Gasteiger partial charge in [-0.05, 0) is 42.8 Å². The zero-order valence-corrected chi connectivity index (χ0v) is 19.5. The zero-order valence-electron chi connectivity index (χ0n) is 19.5. The van der Waals surface area contributed by atoms with E-state index in [0.29, 0.717) is 31.7 Å². The number of fused-ring (bicyclic) bond motifs is 1. The SMILES string of the molecule is COc1ccc(-c2cc(C(=O)N3CCCN(CC(=O)N(C)C)CC3)c3ccccc3n2)cc1. The second kappa shape index (κ2) is 10.0. The first-order chi connectivity index (χ1) is 16.0. The maximum atomic E-state index is 13.7. The number of carbonyl (C=O) groups is 2. The highest BCUT2D eigenvalue weighted by Gasteiger charge is 2.24. The lowest BCUT2D eigenvalue weighted by Crippen LogP contribution is -2.39. The fourth-order valence-corrected chi connectivity index (χ4v) is 4.10. The molecule has 33 heavy (non-hydrogen) atoms. The highest BCUT2D eigenvalue weighted by Crippen LogP contribution is 2.27. The van der Waals surface area contributed by atoms with E-state index in [1.54, 1.807) is 26.1 Å². The third-order valence-electron chi connectivity index (χ3n) is 6.07. The highest BCUT2D eigenvalue weighted by molar-refractivity contribution is 6.07. The zero-order chi connectivity index (χ0) is 23.4. The fourth-order valence-electron chi connectivity index (χ4n) is 4.10. The van der Waals surface area contributed by atoms with Crippen molar-refractivity contribution in [1.82, 2.24) is 19.7 Å². The Balaban J connectivity index is 1.61. The predicted molar refractivity (Wildman–Crippen MR) is 129 cm³/mol. The van der Waals surface area contributed by atoms with Gasteiger partial charge in [0, 0.05) is 51.2 Å². The van der Waals surface area contributed by atoms with Gasteiger partial charge in [-0.2, -0.15) is 0 Å². The van der Waals surface area contributed by atoms with Crippen LogP contribution in [-0.4, -0.2) is 85.4 Å². The summed E-state index contributed by atoms with van der Waals surface area (Å²) in [5.41, 5.74) is 3.14. The Morgan fingerprint density at radius 1 is 1.00 bits per heavy atom. The van der Waals surface area contributed by atoms with Crippen molar-refractivity contribution >= 4 is 22.7 Å². The molecule has 7 heteroatoms. The van der Waals surface area contributed by atoms with Crippen LogP contribution in [0.15, 0.2) is 54.6 Å². The van der Waals surface area contributed by atoms with E-state index in [-0.39, 0.29) is 11.8 Å². The molecule has 2 aromatic carbocycles. The summed E-state index contributed by atoms with van der Waals surface area (Å²) in [6.45, 7) is 3.13. The van der Waals surface area contributed by atoms with Crippen LogP contribution in [0, 0.1) is 0 Å². The van der Waals surface area contributed by atoms with Crippen molar-refractivity contribution < 1.29 is 14.3 Å². The molecule has 1 fully saturated rings. The first kappa shape index (κ1) is 22.7. The number of para-hydroxylation sites is 1. The summed E-state index contributed by atoms with van der Waals surface area (Å²) in [6.07, 6.45) is 0.834. The number of pyridine rings is 1. The molecule has 3 aromatic rings. The number of benzene rings is 2. The van der Waals surface area contributed by atoms with Crippen molar-refractivity contribution in [3.8, 4) is 17.0 Å². The molecule has 2 heterocycles. The lowest BCUT2D eigenvalue weighted by Gasteiger charge is -2.23. The Labute approximate surface area is 194 Å². The van der Waals surface area contributed by atoms with E-state index in [9.17, 15) is 9.59 Å². The Hall–Kier alpha value is -3.45. The summed E-state index contributed by atoms with van der Waals surface area (Å²) in [4.78, 5) is 36.2. The van der Waals surface area contributed by atoms with Crippen LogP contribution in [0.3, 0.4) is 0 Å². The van der Waals surface area contributed by atoms with E-state index in [1.807, 2.05) is 59.5 Å². The highest BCUT2D eigenvalue weighted by atomic mass is 16.5. The van der Waals surface area contributed by atoms with E-state index in [2.05, 4.69) is 4.90 Å². The molecule has 1 aliphatic rings. The fraction of sp³-hybridized carbons (Fsp3) is 0.346. The average Bonchev–Trinajstić information content (AvgIpc) is 3.08. The van der Waals surface area contributed by atoms with Crippen LogP contribution in [0.25, 0.3) is 22.2 Å². The third-order valence-corrected chi connectivity index (χ3v) is 6.07. The summed E-state index contributed by atoms with van der Waals surface area (Å²) in [6, 6.07) is 17.4. The number of hydrogen-bond donors (Lipinski definition) is 0. The van der Waals surface area contributed by atoms with Gasteiger partial charge < -0.3 is 14.5 Å². The summed E-state index contributed by atoms with van der Waals surface area (Å²) in [5.74, 6) is 0.862. The average molecular weight is 447 g/mol. The van der Waals surface area contributed by atoms with Gasteiger partial charge in [0.2, 0.25) is 5.91 Å². The largest absolute Gasteiger partial charge is 0.497 e. The lowest BCUT2D eigenvalue weighted by atomic mass is 10.0. The van der Waals surface area contributed by atoms with Crippen LogP contribution < -0.4 is 4.74 Å². The van der Waals surface area contributed by atoms with Gasteiger partial charge in [-0.3, -0.25) is 14.5 Å². The minimum absolute atomic E-state index is 0.00384. The number of aromatic nitrogens is 1. The molecule has 1 aromatic heterocycles. The second-order valence-electron chi connectivity index (χ2n) is 8.51. The van der Waals surface area contributed by atoms with Crippen molar-refractivity contribution in [2.45, 2.75) is 6.42 Å². The van der Waals surface area contributed by atoms with E-state index < -0.39 is 0 Å². The lowest BCUT2D eigenvalue weighted by molar-refractivity contribution is -0.129. The molecule has 0 aliphatic carbocycles. The summed E-state index contributed by atoms with van der Waals surface area (Å²) in [7, 11) is 5.18. The minimum Gasteiger partial charge on any atom is -0.497 e. The van der Waals surface area contributed by atoms with Gasteiger partial charge in [0.05, 0.1) is 30.4 Å². The molecule has 0 unspecified atom stereocenters. The van der Waals surface area contributed by atoms with Crippen LogP contribution in [0.4, 0.5) is 0 Å². The van der Waals surface area contributed by atoms with Crippen LogP contribution in [0.5, 0.6) is 5.75 Å². The Morgan fingerprint density at radius 3 is 2.48 bits per heavy atom. The number of nitrogens with zero attached hydrogens (tertiary/aromatic N) is 4. The molecule has 0 saturated carbocycles. The van der Waals surface area contributed by atoms with Crippen molar-refractivity contribution in [2.24, 2.45) is 0 Å². The number of ether oxygens (including phenoxy) is 1. The van der Waals surface area contributed by atoms with Gasteiger partial charge in [0.15, 0.2) is 0 Å². The standard InChI is InChI=1S/C26H30N4O3/c1-28(2)25(31)18-29-13-6-14-30(16-15-29)26(32)22-17-24(19-9-11-20(33-3)12-10-19)27-23-8-5-4-7-21(22)23/h4-5,7-12,17H,6,13-16,18H2,1-3H3. The molecule has 1 aliphatic heterocycles. The number of hydrogen-bond acceptors (Lipinski definition) is 5. The van der Waals surface area contributed by atoms with Crippen LogP contribution in [0.1, 0.15) is 16.8 Å². The van der Waals surface area contributed by atoms with Crippen LogP contribution >= 0.6 is 0 Å². The van der Waals surface area contributed by atoms with Gasteiger partial charge in [-0.1, -0.05) is 18.2 Å². The van der Waals surface area contributed by atoms with Crippen LogP contribution in [0.2, 0.25) is 0 Å². The first-order valence-corrected chi connectivity index (χ1v) is 11.2. The predicted octanol–water partition coefficient (Wildman–Crippen LogP) is 3.15. The monoisotopic (exact) mass is 446 g/mol. The summed E-state index contributed by atoms with van der Waals surface area (Å²) >= 11 is 0. The number of amides is 2. The topological polar surface area (TPSA) is 66.0 Å². The van der Waals surface area contributed by atoms with E-state index in [1.165, 1.54) is 0 Å². The van der Waals surface area contributed by atoms with Gasteiger partial charge in [-0.15, -0.1) is 0 Å². The molecule has 2 amide bonds. The molecule has 4 rings (SSSR count). The molecule has 0 atom stereocenters. The first-order valence-electron chi connectivity index (χ1n) is 11.2. The summed E-state index contributed by atoms with van der Waals surface area (Å²) in [5, 5.41) is 0.851. The smallest absolute Gasteiger partial charge is 0.254 e.